The van der Waals surface area contributed by atoms with Crippen LogP contribution < -0.4 is 5.32 Å². The Kier molecular flexibility index (Phi) is 3.66. The van der Waals surface area contributed by atoms with Gasteiger partial charge in [0, 0.05) is 10.5 Å². The highest BCUT2D eigenvalue weighted by atomic mass is 79.9. The molecular formula is C19H26BrN. The lowest BCUT2D eigenvalue weighted by molar-refractivity contribution is -0.0724. The van der Waals surface area contributed by atoms with Crippen LogP contribution in [-0.4, -0.2) is 13.1 Å². The number of benzene rings is 1. The molecule has 4 saturated carbocycles. The number of halogens is 1. The van der Waals surface area contributed by atoms with E-state index >= 15 is 0 Å². The third-order valence-corrected chi connectivity index (χ3v) is 7.06. The molecule has 0 heterocycles. The molecule has 0 spiro atoms. The fraction of sp³-hybridized carbons (Fsp3) is 0.684. The van der Waals surface area contributed by atoms with E-state index in [0.717, 1.165) is 17.8 Å². The van der Waals surface area contributed by atoms with Gasteiger partial charge in [-0.3, -0.25) is 0 Å². The zero-order chi connectivity index (χ0) is 14.4. The summed E-state index contributed by atoms with van der Waals surface area (Å²) < 4.78 is 1.18. The minimum atomic E-state index is 0.594. The first-order valence-electron chi connectivity index (χ1n) is 8.58. The predicted octanol–water partition coefficient (Wildman–Crippen LogP) is 4.80. The molecule has 2 heteroatoms. The second-order valence-corrected chi connectivity index (χ2v) is 8.87. The molecule has 4 aliphatic carbocycles. The van der Waals surface area contributed by atoms with Crippen LogP contribution in [0.4, 0.5) is 0 Å². The molecule has 4 bridgehead atoms. The molecular weight excluding hydrogens is 322 g/mol. The molecule has 1 unspecified atom stereocenters. The van der Waals surface area contributed by atoms with Crippen LogP contribution in [0.5, 0.6) is 0 Å². The van der Waals surface area contributed by atoms with Crippen LogP contribution in [0.1, 0.15) is 44.1 Å². The highest BCUT2D eigenvalue weighted by Crippen LogP contribution is 2.61. The van der Waals surface area contributed by atoms with Crippen molar-refractivity contribution in [2.75, 3.05) is 7.05 Å². The van der Waals surface area contributed by atoms with E-state index in [1.54, 1.807) is 0 Å². The van der Waals surface area contributed by atoms with Crippen LogP contribution in [0.2, 0.25) is 0 Å². The molecule has 0 amide bonds. The fourth-order valence-corrected chi connectivity index (χ4v) is 6.35. The molecule has 0 aromatic heterocycles. The molecule has 0 saturated heterocycles. The van der Waals surface area contributed by atoms with Gasteiger partial charge in [-0.25, -0.2) is 0 Å². The Morgan fingerprint density at radius 2 is 1.57 bits per heavy atom. The van der Waals surface area contributed by atoms with Crippen LogP contribution in [0.15, 0.2) is 28.7 Å². The molecule has 1 N–H and O–H groups in total. The minimum absolute atomic E-state index is 0.594. The molecule has 4 aliphatic rings. The number of likely N-dealkylation sites (N-methyl/N-ethyl adjacent to an activating group) is 1. The monoisotopic (exact) mass is 347 g/mol. The smallest absolute Gasteiger partial charge is 0.0175 e. The molecule has 1 atom stereocenters. The van der Waals surface area contributed by atoms with E-state index in [2.05, 4.69) is 52.6 Å². The highest BCUT2D eigenvalue weighted by Gasteiger charge is 2.53. The largest absolute Gasteiger partial charge is 0.316 e. The van der Waals surface area contributed by atoms with Gasteiger partial charge in [0.05, 0.1) is 0 Å². The second-order valence-electron chi connectivity index (χ2n) is 7.95. The summed E-state index contributed by atoms with van der Waals surface area (Å²) in [7, 11) is 2.18. The standard InChI is InChI=1S/C19H26BrN/c1-21-18(9-13-2-4-17(20)5-3-13)19-10-14-6-15(11-19)8-16(7-14)12-19/h2-5,14-16,18,21H,6-12H2,1H3. The minimum Gasteiger partial charge on any atom is -0.316 e. The van der Waals surface area contributed by atoms with Gasteiger partial charge in [0.2, 0.25) is 0 Å². The molecule has 1 nitrogen and oxygen atoms in total. The van der Waals surface area contributed by atoms with Crippen molar-refractivity contribution in [1.29, 1.82) is 0 Å². The second kappa shape index (κ2) is 5.38. The Balaban J connectivity index is 1.56. The molecule has 4 fully saturated rings. The van der Waals surface area contributed by atoms with Gasteiger partial charge in [-0.05, 0) is 92.9 Å². The molecule has 5 rings (SSSR count). The summed E-state index contributed by atoms with van der Waals surface area (Å²) in [5, 5.41) is 3.71. The molecule has 21 heavy (non-hydrogen) atoms. The fourth-order valence-electron chi connectivity index (χ4n) is 6.09. The van der Waals surface area contributed by atoms with Crippen molar-refractivity contribution in [1.82, 2.24) is 5.32 Å². The lowest BCUT2D eigenvalue weighted by atomic mass is 9.47. The normalized spacial score (nSPS) is 38.7. The van der Waals surface area contributed by atoms with Gasteiger partial charge in [-0.15, -0.1) is 0 Å². The molecule has 1 aromatic carbocycles. The first-order valence-corrected chi connectivity index (χ1v) is 9.38. The average Bonchev–Trinajstić information content (AvgIpc) is 2.45. The average molecular weight is 348 g/mol. The summed E-state index contributed by atoms with van der Waals surface area (Å²) in [6.45, 7) is 0. The molecule has 114 valence electrons. The van der Waals surface area contributed by atoms with Gasteiger partial charge < -0.3 is 5.32 Å². The van der Waals surface area contributed by atoms with Crippen molar-refractivity contribution < 1.29 is 0 Å². The lowest BCUT2D eigenvalue weighted by Crippen LogP contribution is -2.56. The van der Waals surface area contributed by atoms with Gasteiger partial charge in [0.25, 0.3) is 0 Å². The van der Waals surface area contributed by atoms with Crippen molar-refractivity contribution >= 4 is 15.9 Å². The van der Waals surface area contributed by atoms with Gasteiger partial charge in [0.1, 0.15) is 0 Å². The number of rotatable bonds is 4. The maximum Gasteiger partial charge on any atom is 0.0175 e. The number of hydrogen-bond acceptors (Lipinski definition) is 1. The maximum atomic E-state index is 3.71. The maximum absolute atomic E-state index is 3.71. The third-order valence-electron chi connectivity index (χ3n) is 6.53. The zero-order valence-corrected chi connectivity index (χ0v) is 14.5. The van der Waals surface area contributed by atoms with Crippen LogP contribution in [-0.2, 0) is 6.42 Å². The summed E-state index contributed by atoms with van der Waals surface area (Å²) in [5.74, 6) is 3.12. The zero-order valence-electron chi connectivity index (χ0n) is 12.9. The summed E-state index contributed by atoms with van der Waals surface area (Å²) in [4.78, 5) is 0. The number of hydrogen-bond donors (Lipinski definition) is 1. The Hall–Kier alpha value is -0.340. The summed E-state index contributed by atoms with van der Waals surface area (Å²) in [6.07, 6.45) is 10.3. The first kappa shape index (κ1) is 14.3. The topological polar surface area (TPSA) is 12.0 Å². The summed E-state index contributed by atoms with van der Waals surface area (Å²) in [5.41, 5.74) is 2.07. The van der Waals surface area contributed by atoms with Crippen LogP contribution in [0.25, 0.3) is 0 Å². The van der Waals surface area contributed by atoms with E-state index in [-0.39, 0.29) is 0 Å². The quantitative estimate of drug-likeness (QED) is 0.824. The van der Waals surface area contributed by atoms with Gasteiger partial charge in [-0.1, -0.05) is 28.1 Å². The van der Waals surface area contributed by atoms with Crippen molar-refractivity contribution in [3.8, 4) is 0 Å². The van der Waals surface area contributed by atoms with Crippen molar-refractivity contribution in [2.45, 2.75) is 51.0 Å². The Morgan fingerprint density at radius 3 is 2.05 bits per heavy atom. The van der Waals surface area contributed by atoms with Crippen LogP contribution >= 0.6 is 15.9 Å². The molecule has 0 radical (unpaired) electrons. The Morgan fingerprint density at radius 1 is 1.05 bits per heavy atom. The van der Waals surface area contributed by atoms with E-state index in [1.165, 1.54) is 55.0 Å². The van der Waals surface area contributed by atoms with Gasteiger partial charge in [-0.2, -0.15) is 0 Å². The van der Waals surface area contributed by atoms with E-state index in [1.807, 2.05) is 0 Å². The van der Waals surface area contributed by atoms with E-state index in [9.17, 15) is 0 Å². The van der Waals surface area contributed by atoms with Crippen molar-refractivity contribution in [2.24, 2.45) is 23.2 Å². The predicted molar refractivity (Wildman–Crippen MR) is 91.3 cm³/mol. The Labute approximate surface area is 137 Å². The SMILES string of the molecule is CNC(Cc1ccc(Br)cc1)C12CC3CC(CC(C3)C1)C2. The van der Waals surface area contributed by atoms with Crippen LogP contribution in [0.3, 0.4) is 0 Å². The Bertz CT molecular complexity index is 472. The lowest BCUT2D eigenvalue weighted by Gasteiger charge is -2.59. The molecule has 1 aromatic rings. The van der Waals surface area contributed by atoms with Crippen molar-refractivity contribution in [3.63, 3.8) is 0 Å². The summed E-state index contributed by atoms with van der Waals surface area (Å²) in [6, 6.07) is 9.60. The third kappa shape index (κ3) is 2.59. The van der Waals surface area contributed by atoms with E-state index in [4.69, 9.17) is 0 Å². The highest BCUT2D eigenvalue weighted by molar-refractivity contribution is 9.10. The van der Waals surface area contributed by atoms with Gasteiger partial charge in [0.15, 0.2) is 0 Å². The van der Waals surface area contributed by atoms with E-state index < -0.39 is 0 Å². The van der Waals surface area contributed by atoms with E-state index in [0.29, 0.717) is 11.5 Å². The van der Waals surface area contributed by atoms with Crippen molar-refractivity contribution in [3.05, 3.63) is 34.3 Å². The number of nitrogens with one attached hydrogen (secondary N) is 1. The van der Waals surface area contributed by atoms with Crippen LogP contribution in [0, 0.1) is 23.2 Å². The molecule has 0 aliphatic heterocycles. The first-order chi connectivity index (χ1) is 10.2. The van der Waals surface area contributed by atoms with Gasteiger partial charge >= 0.3 is 0 Å². The summed E-state index contributed by atoms with van der Waals surface area (Å²) >= 11 is 3.54.